The van der Waals surface area contributed by atoms with Crippen LogP contribution in [0.4, 0.5) is 4.79 Å². The average molecular weight is 385 g/mol. The van der Waals surface area contributed by atoms with Gasteiger partial charge >= 0.3 is 0 Å². The van der Waals surface area contributed by atoms with E-state index in [1.165, 1.54) is 6.08 Å². The van der Waals surface area contributed by atoms with Crippen molar-refractivity contribution in [1.29, 1.82) is 5.26 Å². The normalized spacial score (nSPS) is 14.6. The molecule has 0 bridgehead atoms. The van der Waals surface area contributed by atoms with E-state index < -0.39 is 11.1 Å². The van der Waals surface area contributed by atoms with E-state index >= 15 is 0 Å². The van der Waals surface area contributed by atoms with Crippen molar-refractivity contribution in [3.63, 3.8) is 0 Å². The second kappa shape index (κ2) is 7.43. The summed E-state index contributed by atoms with van der Waals surface area (Å²) in [5.74, 6) is 6.11. The Balaban J connectivity index is 1.65. The summed E-state index contributed by atoms with van der Waals surface area (Å²) in [7, 11) is 0. The van der Waals surface area contributed by atoms with Crippen LogP contribution in [0, 0.1) is 23.2 Å². The zero-order valence-electron chi connectivity index (χ0n) is 14.4. The van der Waals surface area contributed by atoms with Crippen LogP contribution in [0.25, 0.3) is 17.0 Å². The number of hydrogen-bond donors (Lipinski definition) is 1. The van der Waals surface area contributed by atoms with Gasteiger partial charge in [0.1, 0.15) is 5.76 Å². The molecule has 4 rings (SSSR count). The van der Waals surface area contributed by atoms with Crippen molar-refractivity contribution in [1.82, 2.24) is 10.3 Å². The lowest BCUT2D eigenvalue weighted by Gasteiger charge is -1.95. The fourth-order valence-electron chi connectivity index (χ4n) is 2.63. The second-order valence-electron chi connectivity index (χ2n) is 5.89. The number of nitriles is 1. The smallest absolute Gasteiger partial charge is 0.290 e. The first-order valence-corrected chi connectivity index (χ1v) is 9.04. The summed E-state index contributed by atoms with van der Waals surface area (Å²) < 4.78 is 5.82. The van der Waals surface area contributed by atoms with Crippen LogP contribution < -0.4 is 5.32 Å². The molecule has 2 amide bonds. The number of pyridine rings is 1. The number of imide groups is 1. The standard InChI is InChI=1S/C21H11N3O3S/c22-8-7-14-3-1-13(2-4-14)5-6-15-11-23-12-16-9-17(27-19(15)16)10-18-20(25)24-21(26)28-18/h1-4,9-12H,7H2,(H,24,25,26)/b18-10+. The molecule has 1 N–H and O–H groups in total. The number of benzene rings is 1. The van der Waals surface area contributed by atoms with Crippen molar-refractivity contribution in [3.8, 4) is 17.9 Å². The SMILES string of the molecule is N#CCc1ccc(C#Cc2cncc3cc(/C=C4/SC(=O)NC4=O)oc23)cc1. The average Bonchev–Trinajstić information content (AvgIpc) is 3.24. The van der Waals surface area contributed by atoms with E-state index in [2.05, 4.69) is 28.2 Å². The Morgan fingerprint density at radius 1 is 1.18 bits per heavy atom. The molecule has 2 aromatic heterocycles. The minimum absolute atomic E-state index is 0.280. The number of nitrogens with zero attached hydrogens (tertiary/aromatic N) is 2. The fourth-order valence-corrected chi connectivity index (χ4v) is 3.29. The van der Waals surface area contributed by atoms with E-state index in [9.17, 15) is 9.59 Å². The Kier molecular flexibility index (Phi) is 4.67. The summed E-state index contributed by atoms with van der Waals surface area (Å²) >= 11 is 0.833. The maximum absolute atomic E-state index is 11.7. The van der Waals surface area contributed by atoms with Gasteiger partial charge in [0, 0.05) is 29.4 Å². The van der Waals surface area contributed by atoms with Crippen molar-refractivity contribution >= 4 is 40.0 Å². The summed E-state index contributed by atoms with van der Waals surface area (Å²) in [6.45, 7) is 0. The third kappa shape index (κ3) is 3.66. The van der Waals surface area contributed by atoms with Crippen LogP contribution in [-0.4, -0.2) is 16.1 Å². The molecule has 1 aliphatic heterocycles. The van der Waals surface area contributed by atoms with E-state index in [4.69, 9.17) is 9.68 Å². The summed E-state index contributed by atoms with van der Waals surface area (Å²) in [5.41, 5.74) is 2.92. The molecule has 1 aromatic carbocycles. The number of carbonyl (C=O) groups is 2. The minimum Gasteiger partial charge on any atom is -0.455 e. The van der Waals surface area contributed by atoms with Gasteiger partial charge in [0.25, 0.3) is 11.1 Å². The number of aromatic nitrogens is 1. The molecule has 3 aromatic rings. The molecule has 7 heteroatoms. The van der Waals surface area contributed by atoms with Crippen LogP contribution >= 0.6 is 11.8 Å². The van der Waals surface area contributed by atoms with E-state index in [1.807, 2.05) is 24.3 Å². The summed E-state index contributed by atoms with van der Waals surface area (Å²) in [6.07, 6.45) is 5.15. The molecule has 6 nitrogen and oxygen atoms in total. The summed E-state index contributed by atoms with van der Waals surface area (Å²) in [6, 6.07) is 11.3. The highest BCUT2D eigenvalue weighted by Gasteiger charge is 2.25. The topological polar surface area (TPSA) is 96.0 Å². The van der Waals surface area contributed by atoms with Gasteiger partial charge in [-0.15, -0.1) is 0 Å². The maximum atomic E-state index is 11.7. The zero-order valence-corrected chi connectivity index (χ0v) is 15.2. The number of amides is 2. The van der Waals surface area contributed by atoms with Gasteiger partial charge in [0.05, 0.1) is 23.0 Å². The van der Waals surface area contributed by atoms with Gasteiger partial charge in [-0.2, -0.15) is 5.26 Å². The van der Waals surface area contributed by atoms with Crippen molar-refractivity contribution < 1.29 is 14.0 Å². The predicted octanol–water partition coefficient (Wildman–Crippen LogP) is 3.62. The monoisotopic (exact) mass is 385 g/mol. The Morgan fingerprint density at radius 3 is 2.71 bits per heavy atom. The van der Waals surface area contributed by atoms with Crippen molar-refractivity contribution in [2.45, 2.75) is 6.42 Å². The quantitative estimate of drug-likeness (QED) is 0.535. The minimum atomic E-state index is -0.437. The molecular formula is C21H11N3O3S. The van der Waals surface area contributed by atoms with Crippen LogP contribution in [0.5, 0.6) is 0 Å². The Morgan fingerprint density at radius 2 is 2.00 bits per heavy atom. The second-order valence-corrected chi connectivity index (χ2v) is 6.90. The lowest BCUT2D eigenvalue weighted by Crippen LogP contribution is -2.17. The van der Waals surface area contributed by atoms with Crippen LogP contribution in [0.15, 0.2) is 52.0 Å². The fraction of sp³-hybridized carbons (Fsp3) is 0.0476. The Hall–Kier alpha value is -3.81. The molecule has 134 valence electrons. The maximum Gasteiger partial charge on any atom is 0.290 e. The number of hydrogen-bond acceptors (Lipinski definition) is 6. The molecular weight excluding hydrogens is 374 g/mol. The van der Waals surface area contributed by atoms with Gasteiger partial charge in [-0.1, -0.05) is 24.0 Å². The van der Waals surface area contributed by atoms with Crippen molar-refractivity contribution in [2.75, 3.05) is 0 Å². The number of rotatable bonds is 2. The highest BCUT2D eigenvalue weighted by molar-refractivity contribution is 8.18. The predicted molar refractivity (Wildman–Crippen MR) is 105 cm³/mol. The highest BCUT2D eigenvalue weighted by Crippen LogP contribution is 2.28. The van der Waals surface area contributed by atoms with Crippen LogP contribution in [0.1, 0.15) is 22.5 Å². The van der Waals surface area contributed by atoms with Gasteiger partial charge in [-0.25, -0.2) is 0 Å². The van der Waals surface area contributed by atoms with Crippen molar-refractivity contribution in [2.24, 2.45) is 0 Å². The number of thioether (sulfide) groups is 1. The van der Waals surface area contributed by atoms with E-state index in [0.717, 1.165) is 28.3 Å². The lowest BCUT2D eigenvalue weighted by molar-refractivity contribution is -0.115. The molecule has 0 aliphatic carbocycles. The first kappa shape index (κ1) is 17.6. The molecule has 0 saturated carbocycles. The van der Waals surface area contributed by atoms with E-state index in [-0.39, 0.29) is 4.91 Å². The molecule has 0 radical (unpaired) electrons. The summed E-state index contributed by atoms with van der Waals surface area (Å²) in [5, 5.41) is 11.3. The number of furan rings is 1. The molecule has 0 atom stereocenters. The van der Waals surface area contributed by atoms with E-state index in [1.54, 1.807) is 18.5 Å². The van der Waals surface area contributed by atoms with Crippen molar-refractivity contribution in [3.05, 3.63) is 70.1 Å². The first-order valence-electron chi connectivity index (χ1n) is 8.23. The Bertz CT molecular complexity index is 1240. The number of nitrogens with one attached hydrogen (secondary N) is 1. The number of carbonyl (C=O) groups excluding carboxylic acids is 2. The van der Waals surface area contributed by atoms with Gasteiger partial charge in [0.15, 0.2) is 5.58 Å². The molecule has 1 saturated heterocycles. The van der Waals surface area contributed by atoms with Crippen LogP contribution in [-0.2, 0) is 11.2 Å². The molecule has 1 fully saturated rings. The largest absolute Gasteiger partial charge is 0.455 e. The third-order valence-electron chi connectivity index (χ3n) is 3.94. The van der Waals surface area contributed by atoms with Crippen LogP contribution in [0.3, 0.4) is 0 Å². The summed E-state index contributed by atoms with van der Waals surface area (Å²) in [4.78, 5) is 27.4. The first-order chi connectivity index (χ1) is 13.6. The molecule has 28 heavy (non-hydrogen) atoms. The third-order valence-corrected chi connectivity index (χ3v) is 4.75. The van der Waals surface area contributed by atoms with Gasteiger partial charge in [-0.3, -0.25) is 19.9 Å². The van der Waals surface area contributed by atoms with Gasteiger partial charge < -0.3 is 4.42 Å². The highest BCUT2D eigenvalue weighted by atomic mass is 32.2. The molecule has 0 spiro atoms. The van der Waals surface area contributed by atoms with E-state index in [0.29, 0.717) is 23.3 Å². The van der Waals surface area contributed by atoms with Crippen LogP contribution in [0.2, 0.25) is 0 Å². The Labute approximate surface area is 164 Å². The zero-order chi connectivity index (χ0) is 19.5. The molecule has 3 heterocycles. The number of fused-ring (bicyclic) bond motifs is 1. The van der Waals surface area contributed by atoms with Gasteiger partial charge in [0.2, 0.25) is 0 Å². The van der Waals surface area contributed by atoms with Gasteiger partial charge in [-0.05, 0) is 35.5 Å². The molecule has 1 aliphatic rings. The molecule has 0 unspecified atom stereocenters. The lowest BCUT2D eigenvalue weighted by atomic mass is 10.1.